The highest BCUT2D eigenvalue weighted by Crippen LogP contribution is 2.03. The van der Waals surface area contributed by atoms with Crippen LogP contribution in [0.3, 0.4) is 0 Å². The van der Waals surface area contributed by atoms with Crippen LogP contribution in [0.1, 0.15) is 6.92 Å². The van der Waals surface area contributed by atoms with Gasteiger partial charge < -0.3 is 10.2 Å². The lowest BCUT2D eigenvalue weighted by molar-refractivity contribution is -0.132. The molecule has 0 atom stereocenters. The fourth-order valence-corrected chi connectivity index (χ4v) is 0.548. The minimum atomic E-state index is -1.24. The number of aliphatic imine (C=N–C) groups is 1. The van der Waals surface area contributed by atoms with Crippen molar-refractivity contribution in [3.8, 4) is 0 Å². The third kappa shape index (κ3) is 3.85. The third-order valence-corrected chi connectivity index (χ3v) is 1.19. The van der Waals surface area contributed by atoms with Gasteiger partial charge in [-0.15, -0.1) is 0 Å². The summed E-state index contributed by atoms with van der Waals surface area (Å²) in [7, 11) is 0. The molecule has 2 N–H and O–H groups in total. The number of carboxylic acid groups (broad SMARTS) is 2. The standard InChI is InChI=1S/C8H9NO4/c1-5(7(10)11)3-6(4-9-2)8(12)13/h3-4H,2H2,1H3,(H,10,11)(H,12,13)/b5-3+,6-4+. The van der Waals surface area contributed by atoms with Gasteiger partial charge in [-0.3, -0.25) is 4.99 Å². The number of aliphatic carboxylic acids is 2. The fraction of sp³-hybridized carbons (Fsp3) is 0.125. The van der Waals surface area contributed by atoms with E-state index in [4.69, 9.17) is 10.2 Å². The highest BCUT2D eigenvalue weighted by molar-refractivity contribution is 5.94. The van der Waals surface area contributed by atoms with Crippen LogP contribution >= 0.6 is 0 Å². The molecule has 0 aliphatic heterocycles. The topological polar surface area (TPSA) is 87.0 Å². The monoisotopic (exact) mass is 183 g/mol. The maximum absolute atomic E-state index is 10.5. The van der Waals surface area contributed by atoms with E-state index in [9.17, 15) is 9.59 Å². The summed E-state index contributed by atoms with van der Waals surface area (Å²) >= 11 is 0. The molecule has 0 radical (unpaired) electrons. The first-order chi connectivity index (χ1) is 5.99. The molecule has 13 heavy (non-hydrogen) atoms. The van der Waals surface area contributed by atoms with Gasteiger partial charge in [-0.05, 0) is 19.7 Å². The van der Waals surface area contributed by atoms with Crippen LogP contribution in [-0.4, -0.2) is 28.9 Å². The van der Waals surface area contributed by atoms with Gasteiger partial charge in [-0.25, -0.2) is 9.59 Å². The van der Waals surface area contributed by atoms with Gasteiger partial charge in [0, 0.05) is 11.8 Å². The summed E-state index contributed by atoms with van der Waals surface area (Å²) in [6.45, 7) is 4.36. The molecular weight excluding hydrogens is 174 g/mol. The molecule has 0 unspecified atom stereocenters. The van der Waals surface area contributed by atoms with Crippen molar-refractivity contribution in [2.45, 2.75) is 6.92 Å². The van der Waals surface area contributed by atoms with Gasteiger partial charge in [-0.1, -0.05) is 0 Å². The highest BCUT2D eigenvalue weighted by atomic mass is 16.4. The van der Waals surface area contributed by atoms with E-state index < -0.39 is 11.9 Å². The van der Waals surface area contributed by atoms with Crippen molar-refractivity contribution in [2.24, 2.45) is 4.99 Å². The number of carboxylic acids is 2. The van der Waals surface area contributed by atoms with Crippen molar-refractivity contribution in [3.63, 3.8) is 0 Å². The van der Waals surface area contributed by atoms with E-state index in [0.717, 1.165) is 12.3 Å². The average molecular weight is 183 g/mol. The highest BCUT2D eigenvalue weighted by Gasteiger charge is 2.07. The van der Waals surface area contributed by atoms with Crippen LogP contribution in [0.25, 0.3) is 0 Å². The van der Waals surface area contributed by atoms with E-state index in [2.05, 4.69) is 11.7 Å². The van der Waals surface area contributed by atoms with Gasteiger partial charge >= 0.3 is 11.9 Å². The van der Waals surface area contributed by atoms with Crippen LogP contribution in [0.2, 0.25) is 0 Å². The maximum atomic E-state index is 10.5. The predicted octanol–water partition coefficient (Wildman–Crippen LogP) is 0.686. The molecule has 0 aliphatic rings. The summed E-state index contributed by atoms with van der Waals surface area (Å²) in [5, 5.41) is 17.0. The average Bonchev–Trinajstić information content (AvgIpc) is 2.03. The van der Waals surface area contributed by atoms with E-state index in [-0.39, 0.29) is 11.1 Å². The smallest absolute Gasteiger partial charge is 0.337 e. The Morgan fingerprint density at radius 2 is 1.85 bits per heavy atom. The zero-order chi connectivity index (χ0) is 10.4. The number of carbonyl (C=O) groups is 2. The Balaban J connectivity index is 4.91. The molecule has 0 fully saturated rings. The molecule has 0 aromatic rings. The quantitative estimate of drug-likeness (QED) is 0.381. The Kier molecular flexibility index (Phi) is 4.15. The normalized spacial score (nSPS) is 12.4. The lowest BCUT2D eigenvalue weighted by Gasteiger charge is -1.94. The summed E-state index contributed by atoms with van der Waals surface area (Å²) in [6, 6.07) is 0. The molecule has 0 saturated carbocycles. The SMILES string of the molecule is C=N/C=C(\C=C(/C)C(=O)O)C(=O)O. The molecule has 0 aromatic heterocycles. The Bertz CT molecular complexity index is 301. The zero-order valence-corrected chi connectivity index (χ0v) is 7.02. The minimum Gasteiger partial charge on any atom is -0.478 e. The number of nitrogens with zero attached hydrogens (tertiary/aromatic N) is 1. The molecule has 5 heteroatoms. The number of rotatable bonds is 4. The molecule has 0 aliphatic carbocycles. The molecule has 0 bridgehead atoms. The van der Waals surface area contributed by atoms with Gasteiger partial charge in [0.25, 0.3) is 0 Å². The molecule has 70 valence electrons. The van der Waals surface area contributed by atoms with Crippen molar-refractivity contribution >= 4 is 18.7 Å². The second-order valence-electron chi connectivity index (χ2n) is 2.20. The van der Waals surface area contributed by atoms with Crippen LogP contribution < -0.4 is 0 Å². The first-order valence-electron chi connectivity index (χ1n) is 3.30. The van der Waals surface area contributed by atoms with Crippen LogP contribution in [0, 0.1) is 0 Å². The summed E-state index contributed by atoms with van der Waals surface area (Å²) < 4.78 is 0. The minimum absolute atomic E-state index is 0.0719. The molecule has 5 nitrogen and oxygen atoms in total. The Labute approximate surface area is 74.7 Å². The maximum Gasteiger partial charge on any atom is 0.337 e. The molecule has 0 aromatic carbocycles. The largest absolute Gasteiger partial charge is 0.478 e. The van der Waals surface area contributed by atoms with Crippen molar-refractivity contribution in [1.29, 1.82) is 0 Å². The number of hydrogen-bond acceptors (Lipinski definition) is 3. The molecule has 0 amide bonds. The van der Waals surface area contributed by atoms with E-state index in [1.54, 1.807) is 0 Å². The first-order valence-corrected chi connectivity index (χ1v) is 3.30. The molecule has 0 heterocycles. The van der Waals surface area contributed by atoms with Crippen LogP contribution in [0.15, 0.2) is 28.4 Å². The van der Waals surface area contributed by atoms with E-state index in [1.165, 1.54) is 6.92 Å². The zero-order valence-electron chi connectivity index (χ0n) is 7.02. The molecular formula is C8H9NO4. The van der Waals surface area contributed by atoms with Gasteiger partial charge in [0.15, 0.2) is 0 Å². The van der Waals surface area contributed by atoms with E-state index in [0.29, 0.717) is 0 Å². The summed E-state index contributed by atoms with van der Waals surface area (Å²) in [5.41, 5.74) is -0.285. The van der Waals surface area contributed by atoms with Gasteiger partial charge in [0.2, 0.25) is 0 Å². The molecule has 0 spiro atoms. The van der Waals surface area contributed by atoms with Crippen molar-refractivity contribution < 1.29 is 19.8 Å². The summed E-state index contributed by atoms with van der Waals surface area (Å²) in [4.78, 5) is 24.0. The van der Waals surface area contributed by atoms with E-state index >= 15 is 0 Å². The van der Waals surface area contributed by atoms with Crippen molar-refractivity contribution in [2.75, 3.05) is 0 Å². The lowest BCUT2D eigenvalue weighted by Crippen LogP contribution is -2.02. The van der Waals surface area contributed by atoms with Crippen LogP contribution in [0.5, 0.6) is 0 Å². The Morgan fingerprint density at radius 1 is 1.31 bits per heavy atom. The van der Waals surface area contributed by atoms with Crippen LogP contribution in [0.4, 0.5) is 0 Å². The fourth-order valence-electron chi connectivity index (χ4n) is 0.548. The summed E-state index contributed by atoms with van der Waals surface area (Å²) in [5.74, 6) is -2.41. The number of hydrogen-bond donors (Lipinski definition) is 2. The van der Waals surface area contributed by atoms with Crippen molar-refractivity contribution in [3.05, 3.63) is 23.4 Å². The van der Waals surface area contributed by atoms with Gasteiger partial charge in [0.1, 0.15) is 0 Å². The lowest BCUT2D eigenvalue weighted by atomic mass is 10.2. The van der Waals surface area contributed by atoms with E-state index in [1.807, 2.05) is 0 Å². The van der Waals surface area contributed by atoms with Crippen LogP contribution in [-0.2, 0) is 9.59 Å². The predicted molar refractivity (Wildman–Crippen MR) is 46.7 cm³/mol. The second-order valence-corrected chi connectivity index (χ2v) is 2.20. The second kappa shape index (κ2) is 4.87. The molecule has 0 rings (SSSR count). The van der Waals surface area contributed by atoms with Gasteiger partial charge in [-0.2, -0.15) is 0 Å². The van der Waals surface area contributed by atoms with Gasteiger partial charge in [0.05, 0.1) is 5.57 Å². The first kappa shape index (κ1) is 11.1. The third-order valence-electron chi connectivity index (χ3n) is 1.19. The Morgan fingerprint density at radius 3 is 2.15 bits per heavy atom. The Hall–Kier alpha value is -1.91. The van der Waals surface area contributed by atoms with Crippen molar-refractivity contribution in [1.82, 2.24) is 0 Å². The summed E-state index contributed by atoms with van der Waals surface area (Å²) in [6.07, 6.45) is 1.99. The molecule has 0 saturated heterocycles.